The standard InChI is InChI=1S/C19H23NO3S/c1-2-15-6-10-19(11-7-15)24(21,22)20-12-13-23-18-9-8-16-4-3-5-17(16)14-18/h6-11,14,20H,2-5,12-13H2,1H3. The highest BCUT2D eigenvalue weighted by Gasteiger charge is 2.14. The fraction of sp³-hybridized carbons (Fsp3) is 0.368. The Balaban J connectivity index is 1.51. The van der Waals surface area contributed by atoms with Crippen molar-refractivity contribution in [2.24, 2.45) is 0 Å². The smallest absolute Gasteiger partial charge is 0.240 e. The minimum absolute atomic E-state index is 0.245. The van der Waals surface area contributed by atoms with E-state index in [4.69, 9.17) is 4.74 Å². The molecule has 5 heteroatoms. The van der Waals surface area contributed by atoms with Crippen LogP contribution in [0, 0.1) is 0 Å². The second kappa shape index (κ2) is 7.36. The van der Waals surface area contributed by atoms with Crippen LogP contribution in [0.15, 0.2) is 47.4 Å². The molecule has 0 amide bonds. The summed E-state index contributed by atoms with van der Waals surface area (Å²) in [6.45, 7) is 2.60. The molecule has 0 fully saturated rings. The van der Waals surface area contributed by atoms with E-state index in [1.54, 1.807) is 12.1 Å². The van der Waals surface area contributed by atoms with E-state index >= 15 is 0 Å². The molecule has 4 nitrogen and oxygen atoms in total. The Bertz CT molecular complexity index is 798. The molecule has 24 heavy (non-hydrogen) atoms. The average molecular weight is 345 g/mol. The lowest BCUT2D eigenvalue weighted by molar-refractivity contribution is 0.322. The fourth-order valence-electron chi connectivity index (χ4n) is 2.97. The van der Waals surface area contributed by atoms with Gasteiger partial charge in [0.25, 0.3) is 0 Å². The Morgan fingerprint density at radius 3 is 2.54 bits per heavy atom. The van der Waals surface area contributed by atoms with Gasteiger partial charge in [-0.15, -0.1) is 0 Å². The third-order valence-corrected chi connectivity index (χ3v) is 5.85. The summed E-state index contributed by atoms with van der Waals surface area (Å²) in [5.41, 5.74) is 3.87. The van der Waals surface area contributed by atoms with Gasteiger partial charge in [0.2, 0.25) is 10.0 Å². The van der Waals surface area contributed by atoms with Gasteiger partial charge in [-0.05, 0) is 66.6 Å². The number of fused-ring (bicyclic) bond motifs is 1. The summed E-state index contributed by atoms with van der Waals surface area (Å²) in [4.78, 5) is 0.289. The fourth-order valence-corrected chi connectivity index (χ4v) is 3.98. The molecule has 128 valence electrons. The summed E-state index contributed by atoms with van der Waals surface area (Å²) in [7, 11) is -3.48. The Morgan fingerprint density at radius 2 is 1.79 bits per heavy atom. The molecule has 0 radical (unpaired) electrons. The highest BCUT2D eigenvalue weighted by Crippen LogP contribution is 2.25. The highest BCUT2D eigenvalue weighted by atomic mass is 32.2. The molecule has 1 N–H and O–H groups in total. The molecule has 1 aliphatic rings. The maximum atomic E-state index is 12.2. The number of nitrogens with one attached hydrogen (secondary N) is 1. The monoisotopic (exact) mass is 345 g/mol. The predicted octanol–water partition coefficient (Wildman–Crippen LogP) is 3.10. The topological polar surface area (TPSA) is 55.4 Å². The normalized spacial score (nSPS) is 13.7. The van der Waals surface area contributed by atoms with Crippen LogP contribution < -0.4 is 9.46 Å². The minimum Gasteiger partial charge on any atom is -0.492 e. The minimum atomic E-state index is -3.48. The van der Waals surface area contributed by atoms with E-state index in [0.29, 0.717) is 6.61 Å². The van der Waals surface area contributed by atoms with Gasteiger partial charge >= 0.3 is 0 Å². The lowest BCUT2D eigenvalue weighted by atomic mass is 10.1. The maximum Gasteiger partial charge on any atom is 0.240 e. The first-order chi connectivity index (χ1) is 11.6. The predicted molar refractivity (Wildman–Crippen MR) is 95.0 cm³/mol. The summed E-state index contributed by atoms with van der Waals surface area (Å²) in [6.07, 6.45) is 4.34. The number of aryl methyl sites for hydroxylation is 3. The van der Waals surface area contributed by atoms with E-state index in [-0.39, 0.29) is 11.4 Å². The molecule has 0 saturated heterocycles. The van der Waals surface area contributed by atoms with Gasteiger partial charge in [-0.2, -0.15) is 0 Å². The van der Waals surface area contributed by atoms with Crippen molar-refractivity contribution >= 4 is 10.0 Å². The first-order valence-corrected chi connectivity index (χ1v) is 9.90. The van der Waals surface area contributed by atoms with Crippen molar-refractivity contribution in [2.45, 2.75) is 37.5 Å². The van der Waals surface area contributed by atoms with Crippen molar-refractivity contribution < 1.29 is 13.2 Å². The van der Waals surface area contributed by atoms with Gasteiger partial charge in [-0.25, -0.2) is 13.1 Å². The van der Waals surface area contributed by atoms with E-state index in [1.807, 2.05) is 25.1 Å². The first-order valence-electron chi connectivity index (χ1n) is 8.42. The molecule has 0 heterocycles. The zero-order valence-electron chi connectivity index (χ0n) is 13.9. The lowest BCUT2D eigenvalue weighted by Crippen LogP contribution is -2.28. The molecule has 0 spiro atoms. The van der Waals surface area contributed by atoms with Crippen LogP contribution in [-0.4, -0.2) is 21.6 Å². The van der Waals surface area contributed by atoms with Crippen LogP contribution in [-0.2, 0) is 29.3 Å². The molecule has 0 aliphatic heterocycles. The van der Waals surface area contributed by atoms with E-state index in [1.165, 1.54) is 17.5 Å². The molecule has 0 saturated carbocycles. The summed E-state index contributed by atoms with van der Waals surface area (Å²) >= 11 is 0. The van der Waals surface area contributed by atoms with Gasteiger partial charge in [0, 0.05) is 6.54 Å². The van der Waals surface area contributed by atoms with E-state index < -0.39 is 10.0 Å². The van der Waals surface area contributed by atoms with Crippen LogP contribution in [0.2, 0.25) is 0 Å². The SMILES string of the molecule is CCc1ccc(S(=O)(=O)NCCOc2ccc3c(c2)CCC3)cc1. The summed E-state index contributed by atoms with van der Waals surface area (Å²) in [5.74, 6) is 0.808. The van der Waals surface area contributed by atoms with Crippen molar-refractivity contribution in [1.82, 2.24) is 4.72 Å². The summed E-state index contributed by atoms with van der Waals surface area (Å²) < 4.78 is 32.7. The Hall–Kier alpha value is -1.85. The van der Waals surface area contributed by atoms with Gasteiger partial charge in [0.1, 0.15) is 12.4 Å². The molecule has 3 rings (SSSR count). The van der Waals surface area contributed by atoms with Crippen molar-refractivity contribution in [3.05, 3.63) is 59.2 Å². The lowest BCUT2D eigenvalue weighted by Gasteiger charge is -2.10. The Kier molecular flexibility index (Phi) is 5.21. The number of rotatable bonds is 7. The zero-order valence-corrected chi connectivity index (χ0v) is 14.7. The van der Waals surface area contributed by atoms with Crippen LogP contribution in [0.1, 0.15) is 30.0 Å². The van der Waals surface area contributed by atoms with Gasteiger partial charge < -0.3 is 4.74 Å². The Labute approximate surface area is 143 Å². The molecule has 0 bridgehead atoms. The molecule has 2 aromatic carbocycles. The molecule has 1 aliphatic carbocycles. The van der Waals surface area contributed by atoms with Gasteiger partial charge in [-0.1, -0.05) is 25.1 Å². The van der Waals surface area contributed by atoms with E-state index in [2.05, 4.69) is 16.9 Å². The van der Waals surface area contributed by atoms with Crippen molar-refractivity contribution in [3.8, 4) is 5.75 Å². The number of sulfonamides is 1. The molecular weight excluding hydrogens is 322 g/mol. The third-order valence-electron chi connectivity index (χ3n) is 4.37. The van der Waals surface area contributed by atoms with Crippen LogP contribution >= 0.6 is 0 Å². The average Bonchev–Trinajstić information content (AvgIpc) is 3.06. The van der Waals surface area contributed by atoms with Crippen molar-refractivity contribution in [3.63, 3.8) is 0 Å². The summed E-state index contributed by atoms with van der Waals surface area (Å²) in [5, 5.41) is 0. The molecule has 2 aromatic rings. The second-order valence-corrected chi connectivity index (χ2v) is 7.79. The molecule has 0 unspecified atom stereocenters. The van der Waals surface area contributed by atoms with Crippen LogP contribution in [0.4, 0.5) is 0 Å². The first kappa shape index (κ1) is 17.0. The third kappa shape index (κ3) is 3.97. The van der Waals surface area contributed by atoms with Crippen molar-refractivity contribution in [2.75, 3.05) is 13.2 Å². The van der Waals surface area contributed by atoms with Crippen LogP contribution in [0.5, 0.6) is 5.75 Å². The highest BCUT2D eigenvalue weighted by molar-refractivity contribution is 7.89. The molecule has 0 aromatic heterocycles. The number of hydrogen-bond acceptors (Lipinski definition) is 3. The second-order valence-electron chi connectivity index (χ2n) is 6.03. The van der Waals surface area contributed by atoms with Gasteiger partial charge in [0.15, 0.2) is 0 Å². The molecule has 0 atom stereocenters. The van der Waals surface area contributed by atoms with Crippen molar-refractivity contribution in [1.29, 1.82) is 0 Å². The van der Waals surface area contributed by atoms with E-state index in [0.717, 1.165) is 30.6 Å². The van der Waals surface area contributed by atoms with Gasteiger partial charge in [-0.3, -0.25) is 0 Å². The molecular formula is C19H23NO3S. The number of hydrogen-bond donors (Lipinski definition) is 1. The van der Waals surface area contributed by atoms with Crippen LogP contribution in [0.25, 0.3) is 0 Å². The number of benzene rings is 2. The van der Waals surface area contributed by atoms with Gasteiger partial charge in [0.05, 0.1) is 4.90 Å². The van der Waals surface area contributed by atoms with E-state index in [9.17, 15) is 8.42 Å². The number of ether oxygens (including phenoxy) is 1. The largest absolute Gasteiger partial charge is 0.492 e. The Morgan fingerprint density at radius 1 is 1.04 bits per heavy atom. The maximum absolute atomic E-state index is 12.2. The quantitative estimate of drug-likeness (QED) is 0.785. The summed E-state index contributed by atoms with van der Waals surface area (Å²) in [6, 6.07) is 13.1. The van der Waals surface area contributed by atoms with Crippen LogP contribution in [0.3, 0.4) is 0 Å². The zero-order chi connectivity index (χ0) is 17.0.